The first-order valence-electron chi connectivity index (χ1n) is 9.77. The van der Waals surface area contributed by atoms with Crippen molar-refractivity contribution in [2.45, 2.75) is 46.2 Å². The summed E-state index contributed by atoms with van der Waals surface area (Å²) < 4.78 is 5.47. The molecule has 1 amide bonds. The van der Waals surface area contributed by atoms with Crippen molar-refractivity contribution in [3.63, 3.8) is 0 Å². The number of amides is 1. The number of benzene rings is 1. The van der Waals surface area contributed by atoms with Crippen LogP contribution in [0.2, 0.25) is 0 Å². The molecule has 6 heteroatoms. The summed E-state index contributed by atoms with van der Waals surface area (Å²) in [6.07, 6.45) is 1.11. The van der Waals surface area contributed by atoms with Gasteiger partial charge in [0.05, 0.1) is 13.2 Å². The molecule has 0 aromatic heterocycles. The van der Waals surface area contributed by atoms with Crippen LogP contribution in [0.3, 0.4) is 0 Å². The van der Waals surface area contributed by atoms with Crippen LogP contribution in [0.15, 0.2) is 29.3 Å². The van der Waals surface area contributed by atoms with E-state index in [9.17, 15) is 4.79 Å². The lowest BCUT2D eigenvalue weighted by Crippen LogP contribution is -2.41. The molecule has 6 nitrogen and oxygen atoms in total. The maximum Gasteiger partial charge on any atom is 0.251 e. The Kier molecular flexibility index (Phi) is 7.66. The van der Waals surface area contributed by atoms with Crippen molar-refractivity contribution in [2.24, 2.45) is 10.9 Å². The zero-order valence-corrected chi connectivity index (χ0v) is 17.3. The van der Waals surface area contributed by atoms with Crippen molar-refractivity contribution in [3.05, 3.63) is 35.4 Å². The van der Waals surface area contributed by atoms with Gasteiger partial charge in [0.15, 0.2) is 5.96 Å². The van der Waals surface area contributed by atoms with Crippen molar-refractivity contribution in [2.75, 3.05) is 33.4 Å². The van der Waals surface area contributed by atoms with Crippen LogP contribution in [0, 0.1) is 5.92 Å². The molecule has 27 heavy (non-hydrogen) atoms. The second-order valence-electron chi connectivity index (χ2n) is 8.18. The average Bonchev–Trinajstić information content (AvgIpc) is 3.10. The van der Waals surface area contributed by atoms with Gasteiger partial charge in [0.25, 0.3) is 5.91 Å². The highest BCUT2D eigenvalue weighted by molar-refractivity contribution is 5.94. The summed E-state index contributed by atoms with van der Waals surface area (Å²) in [5, 5.41) is 6.35. The summed E-state index contributed by atoms with van der Waals surface area (Å²) in [5.41, 5.74) is 1.43. The van der Waals surface area contributed by atoms with E-state index in [4.69, 9.17) is 9.73 Å². The van der Waals surface area contributed by atoms with Crippen LogP contribution < -0.4 is 10.6 Å². The molecule has 0 saturated carbocycles. The Labute approximate surface area is 163 Å². The SMILES string of the molecule is CCNC(=NCc1cccc(C(=O)NC(C)(C)C)c1)N(C)CC1CCOC1. The van der Waals surface area contributed by atoms with Crippen LogP contribution in [0.1, 0.15) is 50.0 Å². The third-order valence-corrected chi connectivity index (χ3v) is 4.34. The van der Waals surface area contributed by atoms with Gasteiger partial charge in [-0.25, -0.2) is 4.99 Å². The summed E-state index contributed by atoms with van der Waals surface area (Å²) >= 11 is 0. The van der Waals surface area contributed by atoms with Crippen molar-refractivity contribution in [1.29, 1.82) is 0 Å². The summed E-state index contributed by atoms with van der Waals surface area (Å²) in [5.74, 6) is 1.39. The standard InChI is InChI=1S/C21H34N4O2/c1-6-22-20(25(5)14-17-10-11-27-15-17)23-13-16-8-7-9-18(12-16)19(26)24-21(2,3)4/h7-9,12,17H,6,10-11,13-15H2,1-5H3,(H,22,23)(H,24,26). The van der Waals surface area contributed by atoms with Gasteiger partial charge in [-0.3, -0.25) is 4.79 Å². The van der Waals surface area contributed by atoms with Gasteiger partial charge < -0.3 is 20.3 Å². The fourth-order valence-corrected chi connectivity index (χ4v) is 3.06. The molecule has 0 aliphatic carbocycles. The van der Waals surface area contributed by atoms with E-state index in [0.717, 1.165) is 44.2 Å². The van der Waals surface area contributed by atoms with Crippen LogP contribution >= 0.6 is 0 Å². The van der Waals surface area contributed by atoms with Crippen molar-refractivity contribution < 1.29 is 9.53 Å². The molecular weight excluding hydrogens is 340 g/mol. The van der Waals surface area contributed by atoms with Crippen LogP contribution in [0.25, 0.3) is 0 Å². The van der Waals surface area contributed by atoms with E-state index in [0.29, 0.717) is 18.0 Å². The third kappa shape index (κ3) is 7.21. The molecule has 1 heterocycles. The predicted octanol–water partition coefficient (Wildman–Crippen LogP) is 2.65. The van der Waals surface area contributed by atoms with Crippen molar-refractivity contribution in [1.82, 2.24) is 15.5 Å². The largest absolute Gasteiger partial charge is 0.381 e. The van der Waals surface area contributed by atoms with E-state index in [1.165, 1.54) is 0 Å². The summed E-state index contributed by atoms with van der Waals surface area (Å²) in [6, 6.07) is 7.67. The number of guanidine groups is 1. The van der Waals surface area contributed by atoms with Gasteiger partial charge in [0.2, 0.25) is 0 Å². The zero-order chi connectivity index (χ0) is 19.9. The van der Waals surface area contributed by atoms with E-state index in [1.54, 1.807) is 0 Å². The summed E-state index contributed by atoms with van der Waals surface area (Å²) in [4.78, 5) is 19.3. The topological polar surface area (TPSA) is 66.0 Å². The number of carbonyl (C=O) groups is 1. The van der Waals surface area contributed by atoms with E-state index in [-0.39, 0.29) is 11.4 Å². The van der Waals surface area contributed by atoms with Gasteiger partial charge in [-0.1, -0.05) is 12.1 Å². The number of carbonyl (C=O) groups excluding carboxylic acids is 1. The highest BCUT2D eigenvalue weighted by Crippen LogP contribution is 2.14. The summed E-state index contributed by atoms with van der Waals surface area (Å²) in [7, 11) is 2.06. The molecule has 1 aromatic carbocycles. The van der Waals surface area contributed by atoms with E-state index in [1.807, 2.05) is 45.0 Å². The highest BCUT2D eigenvalue weighted by Gasteiger charge is 2.19. The molecule has 0 spiro atoms. The Balaban J connectivity index is 2.04. The molecule has 2 rings (SSSR count). The monoisotopic (exact) mass is 374 g/mol. The normalized spacial score (nSPS) is 17.7. The molecule has 1 aliphatic rings. The molecule has 150 valence electrons. The van der Waals surface area contributed by atoms with Crippen LogP contribution in [-0.2, 0) is 11.3 Å². The number of aliphatic imine (C=N–C) groups is 1. The molecular formula is C21H34N4O2. The van der Waals surface area contributed by atoms with Gasteiger partial charge in [0, 0.05) is 43.8 Å². The Morgan fingerprint density at radius 3 is 2.78 bits per heavy atom. The molecule has 0 bridgehead atoms. The maximum absolute atomic E-state index is 12.4. The van der Waals surface area contributed by atoms with E-state index in [2.05, 4.69) is 29.5 Å². The molecule has 1 aliphatic heterocycles. The molecule has 1 atom stereocenters. The fourth-order valence-electron chi connectivity index (χ4n) is 3.06. The second-order valence-corrected chi connectivity index (χ2v) is 8.18. The third-order valence-electron chi connectivity index (χ3n) is 4.34. The number of rotatable bonds is 6. The van der Waals surface area contributed by atoms with Gasteiger partial charge in [-0.15, -0.1) is 0 Å². The minimum Gasteiger partial charge on any atom is -0.381 e. The number of nitrogens with one attached hydrogen (secondary N) is 2. The molecule has 1 aromatic rings. The first-order valence-corrected chi connectivity index (χ1v) is 9.77. The summed E-state index contributed by atoms with van der Waals surface area (Å²) in [6.45, 7) is 12.0. The first-order chi connectivity index (χ1) is 12.8. The van der Waals surface area contributed by atoms with Crippen molar-refractivity contribution >= 4 is 11.9 Å². The quantitative estimate of drug-likeness (QED) is 0.593. The van der Waals surface area contributed by atoms with E-state index < -0.39 is 0 Å². The first kappa shape index (κ1) is 21.2. The minimum absolute atomic E-state index is 0.0569. The van der Waals surface area contributed by atoms with Crippen molar-refractivity contribution in [3.8, 4) is 0 Å². The smallest absolute Gasteiger partial charge is 0.251 e. The number of ether oxygens (including phenoxy) is 1. The lowest BCUT2D eigenvalue weighted by Gasteiger charge is -2.24. The molecule has 1 fully saturated rings. The highest BCUT2D eigenvalue weighted by atomic mass is 16.5. The minimum atomic E-state index is -0.254. The Morgan fingerprint density at radius 2 is 2.15 bits per heavy atom. The van der Waals surface area contributed by atoms with Gasteiger partial charge in [-0.2, -0.15) is 0 Å². The van der Waals surface area contributed by atoms with Gasteiger partial charge in [-0.05, 0) is 51.8 Å². The number of hydrogen-bond donors (Lipinski definition) is 2. The fraction of sp³-hybridized carbons (Fsp3) is 0.619. The lowest BCUT2D eigenvalue weighted by molar-refractivity contribution is 0.0919. The Hall–Kier alpha value is -2.08. The van der Waals surface area contributed by atoms with Crippen LogP contribution in [0.4, 0.5) is 0 Å². The average molecular weight is 375 g/mol. The number of nitrogens with zero attached hydrogens (tertiary/aromatic N) is 2. The predicted molar refractivity (Wildman–Crippen MR) is 110 cm³/mol. The maximum atomic E-state index is 12.4. The second kappa shape index (κ2) is 9.74. The Morgan fingerprint density at radius 1 is 1.37 bits per heavy atom. The molecule has 1 unspecified atom stereocenters. The lowest BCUT2D eigenvalue weighted by atomic mass is 10.1. The molecule has 2 N–H and O–H groups in total. The zero-order valence-electron chi connectivity index (χ0n) is 17.3. The van der Waals surface area contributed by atoms with Crippen LogP contribution in [-0.4, -0.2) is 55.7 Å². The molecule has 1 saturated heterocycles. The van der Waals surface area contributed by atoms with Gasteiger partial charge in [0.1, 0.15) is 0 Å². The number of hydrogen-bond acceptors (Lipinski definition) is 3. The Bertz CT molecular complexity index is 646. The van der Waals surface area contributed by atoms with Gasteiger partial charge >= 0.3 is 0 Å². The van der Waals surface area contributed by atoms with Crippen LogP contribution in [0.5, 0.6) is 0 Å². The van der Waals surface area contributed by atoms with E-state index >= 15 is 0 Å². The molecule has 0 radical (unpaired) electrons.